The highest BCUT2D eigenvalue weighted by atomic mass is 35.5. The maximum Gasteiger partial charge on any atom is 0.417 e. The van der Waals surface area contributed by atoms with E-state index in [1.807, 2.05) is 44.2 Å². The van der Waals surface area contributed by atoms with Crippen molar-refractivity contribution in [2.75, 3.05) is 10.8 Å². The van der Waals surface area contributed by atoms with Crippen molar-refractivity contribution < 1.29 is 26.4 Å². The number of anilines is 1. The summed E-state index contributed by atoms with van der Waals surface area (Å²) in [6, 6.07) is 18.7. The minimum atomic E-state index is -4.81. The summed E-state index contributed by atoms with van der Waals surface area (Å²) in [5.74, 6) is -0.446. The predicted octanol–water partition coefficient (Wildman–Crippen LogP) is 6.46. The number of benzene rings is 3. The number of carbonyl (C=O) groups is 1. The summed E-state index contributed by atoms with van der Waals surface area (Å²) in [4.78, 5) is 13.0. The molecule has 5 nitrogen and oxygen atoms in total. The molecule has 0 heterocycles. The molecule has 0 bridgehead atoms. The Labute approximate surface area is 213 Å². The smallest absolute Gasteiger partial charge is 0.348 e. The summed E-state index contributed by atoms with van der Waals surface area (Å²) < 4.78 is 68.2. The lowest BCUT2D eigenvalue weighted by atomic mass is 9.97. The van der Waals surface area contributed by atoms with Gasteiger partial charge in [-0.05, 0) is 48.2 Å². The molecule has 36 heavy (non-hydrogen) atoms. The van der Waals surface area contributed by atoms with Crippen LogP contribution in [0.5, 0.6) is 0 Å². The van der Waals surface area contributed by atoms with Crippen molar-refractivity contribution in [3.8, 4) is 0 Å². The Balaban J connectivity index is 2.01. The van der Waals surface area contributed by atoms with Crippen LogP contribution in [-0.4, -0.2) is 20.9 Å². The van der Waals surface area contributed by atoms with Crippen LogP contribution in [0.3, 0.4) is 0 Å². The zero-order valence-electron chi connectivity index (χ0n) is 19.7. The zero-order valence-corrected chi connectivity index (χ0v) is 21.2. The highest BCUT2D eigenvalue weighted by Gasteiger charge is 2.35. The Bertz CT molecular complexity index is 1280. The van der Waals surface area contributed by atoms with E-state index in [9.17, 15) is 26.4 Å². The molecule has 3 aromatic rings. The van der Waals surface area contributed by atoms with Crippen LogP contribution < -0.4 is 9.62 Å². The summed E-state index contributed by atoms with van der Waals surface area (Å²) in [7, 11) is -4.39. The molecule has 1 amide bonds. The highest BCUT2D eigenvalue weighted by molar-refractivity contribution is 7.92. The molecule has 1 unspecified atom stereocenters. The third-order valence-electron chi connectivity index (χ3n) is 5.41. The van der Waals surface area contributed by atoms with E-state index in [4.69, 9.17) is 11.6 Å². The van der Waals surface area contributed by atoms with Crippen molar-refractivity contribution in [3.05, 3.63) is 95.0 Å². The summed E-state index contributed by atoms with van der Waals surface area (Å²) in [5.41, 5.74) is -0.689. The summed E-state index contributed by atoms with van der Waals surface area (Å²) in [6.07, 6.45) is -4.23. The minimum absolute atomic E-state index is 0.164. The quantitative estimate of drug-likeness (QED) is 0.340. The maximum absolute atomic E-state index is 13.5. The van der Waals surface area contributed by atoms with Crippen molar-refractivity contribution >= 4 is 33.2 Å². The SMILES string of the molecule is CC(C)CC(NC(=O)CN(c1ccc(Cl)c(C(F)(F)F)c1)S(=O)(=O)c1ccccc1)c1ccccc1. The minimum Gasteiger partial charge on any atom is -0.348 e. The van der Waals surface area contributed by atoms with Crippen molar-refractivity contribution in [2.45, 2.75) is 37.4 Å². The lowest BCUT2D eigenvalue weighted by molar-refractivity contribution is -0.137. The van der Waals surface area contributed by atoms with Gasteiger partial charge in [-0.1, -0.05) is 74.0 Å². The summed E-state index contributed by atoms with van der Waals surface area (Å²) in [5, 5.41) is 2.28. The van der Waals surface area contributed by atoms with E-state index in [1.54, 1.807) is 6.07 Å². The second-order valence-corrected chi connectivity index (χ2v) is 10.9. The number of nitrogens with zero attached hydrogens (tertiary/aromatic N) is 1. The normalized spacial score (nSPS) is 12.9. The average Bonchev–Trinajstić information content (AvgIpc) is 2.82. The first-order chi connectivity index (χ1) is 16.9. The van der Waals surface area contributed by atoms with Gasteiger partial charge < -0.3 is 5.32 Å². The molecule has 0 saturated carbocycles. The molecule has 0 radical (unpaired) electrons. The predicted molar refractivity (Wildman–Crippen MR) is 134 cm³/mol. The van der Waals surface area contributed by atoms with Gasteiger partial charge in [0.25, 0.3) is 10.0 Å². The molecule has 0 aliphatic carbocycles. The Morgan fingerprint density at radius 1 is 0.972 bits per heavy atom. The van der Waals surface area contributed by atoms with Crippen LogP contribution >= 0.6 is 11.6 Å². The van der Waals surface area contributed by atoms with Crippen LogP contribution in [0.1, 0.15) is 37.4 Å². The van der Waals surface area contributed by atoms with Gasteiger partial charge in [0.05, 0.1) is 27.2 Å². The number of hydrogen-bond donors (Lipinski definition) is 1. The first-order valence-corrected chi connectivity index (χ1v) is 13.0. The van der Waals surface area contributed by atoms with E-state index in [0.29, 0.717) is 16.8 Å². The number of alkyl halides is 3. The molecule has 0 aromatic heterocycles. The molecular formula is C26H26ClF3N2O3S. The average molecular weight is 539 g/mol. The van der Waals surface area contributed by atoms with E-state index >= 15 is 0 Å². The fourth-order valence-electron chi connectivity index (χ4n) is 3.73. The Morgan fingerprint density at radius 2 is 1.56 bits per heavy atom. The molecule has 3 rings (SSSR count). The number of halogens is 4. The molecule has 0 fully saturated rings. The van der Waals surface area contributed by atoms with Gasteiger partial charge in [-0.2, -0.15) is 13.2 Å². The lowest BCUT2D eigenvalue weighted by Crippen LogP contribution is -2.42. The molecule has 0 aliphatic heterocycles. The van der Waals surface area contributed by atoms with Crippen LogP contribution in [0, 0.1) is 5.92 Å². The van der Waals surface area contributed by atoms with E-state index < -0.39 is 45.3 Å². The second-order valence-electron chi connectivity index (χ2n) is 8.65. The van der Waals surface area contributed by atoms with Crippen LogP contribution in [0.4, 0.5) is 18.9 Å². The summed E-state index contributed by atoms with van der Waals surface area (Å²) >= 11 is 5.74. The van der Waals surface area contributed by atoms with E-state index in [1.165, 1.54) is 24.3 Å². The number of sulfonamides is 1. The Morgan fingerprint density at radius 3 is 2.11 bits per heavy atom. The van der Waals surface area contributed by atoms with Crippen molar-refractivity contribution in [1.29, 1.82) is 0 Å². The number of amides is 1. The van der Waals surface area contributed by atoms with Gasteiger partial charge in [-0.3, -0.25) is 9.10 Å². The second kappa shape index (κ2) is 11.3. The van der Waals surface area contributed by atoms with Crippen LogP contribution in [0.15, 0.2) is 83.8 Å². The van der Waals surface area contributed by atoms with Gasteiger partial charge in [0.2, 0.25) is 5.91 Å². The van der Waals surface area contributed by atoms with Crippen molar-refractivity contribution in [1.82, 2.24) is 5.32 Å². The van der Waals surface area contributed by atoms with Crippen molar-refractivity contribution in [3.63, 3.8) is 0 Å². The van der Waals surface area contributed by atoms with Gasteiger partial charge in [0.1, 0.15) is 6.54 Å². The molecule has 1 atom stereocenters. The number of hydrogen-bond acceptors (Lipinski definition) is 3. The third kappa shape index (κ3) is 6.79. The van der Waals surface area contributed by atoms with Crippen molar-refractivity contribution in [2.24, 2.45) is 5.92 Å². The summed E-state index contributed by atoms with van der Waals surface area (Å²) in [6.45, 7) is 3.25. The van der Waals surface area contributed by atoms with Crippen LogP contribution in [0.2, 0.25) is 5.02 Å². The molecule has 1 N–H and O–H groups in total. The van der Waals surface area contributed by atoms with Crippen LogP contribution in [0.25, 0.3) is 0 Å². The number of nitrogens with one attached hydrogen (secondary N) is 1. The van der Waals surface area contributed by atoms with E-state index in [-0.39, 0.29) is 16.5 Å². The Kier molecular flexibility index (Phi) is 8.68. The number of carbonyl (C=O) groups excluding carboxylic acids is 1. The molecule has 10 heteroatoms. The lowest BCUT2D eigenvalue weighted by Gasteiger charge is -2.27. The van der Waals surface area contributed by atoms with E-state index in [2.05, 4.69) is 5.32 Å². The molecule has 192 valence electrons. The molecule has 0 saturated heterocycles. The number of rotatable bonds is 9. The first kappa shape index (κ1) is 27.5. The fourth-order valence-corrected chi connectivity index (χ4v) is 5.38. The zero-order chi connectivity index (χ0) is 26.5. The topological polar surface area (TPSA) is 66.5 Å². The third-order valence-corrected chi connectivity index (χ3v) is 7.52. The highest BCUT2D eigenvalue weighted by Crippen LogP contribution is 2.38. The van der Waals surface area contributed by atoms with Gasteiger partial charge in [-0.25, -0.2) is 8.42 Å². The molecule has 0 spiro atoms. The monoisotopic (exact) mass is 538 g/mol. The van der Waals surface area contributed by atoms with Crippen LogP contribution in [-0.2, 0) is 21.0 Å². The van der Waals surface area contributed by atoms with Gasteiger partial charge in [0, 0.05) is 0 Å². The molecule has 3 aromatic carbocycles. The Hall–Kier alpha value is -3.04. The fraction of sp³-hybridized carbons (Fsp3) is 0.269. The molecular weight excluding hydrogens is 513 g/mol. The van der Waals surface area contributed by atoms with Gasteiger partial charge in [-0.15, -0.1) is 0 Å². The van der Waals surface area contributed by atoms with E-state index in [0.717, 1.165) is 17.7 Å². The van der Waals surface area contributed by atoms with Gasteiger partial charge in [0.15, 0.2) is 0 Å². The van der Waals surface area contributed by atoms with Gasteiger partial charge >= 0.3 is 6.18 Å². The maximum atomic E-state index is 13.5. The standard InChI is InChI=1S/C26H26ClF3N2O3S/c1-18(2)15-24(19-9-5-3-6-10-19)31-25(33)17-32(36(34,35)21-11-7-4-8-12-21)20-13-14-23(27)22(16-20)26(28,29)30/h3-14,16,18,24H,15,17H2,1-2H3,(H,31,33). The largest absolute Gasteiger partial charge is 0.417 e. The molecule has 0 aliphatic rings. The first-order valence-electron chi connectivity index (χ1n) is 11.2.